The van der Waals surface area contributed by atoms with Crippen LogP contribution in [0.4, 0.5) is 0 Å². The normalized spacial score (nSPS) is 11.9. The molecule has 0 aliphatic heterocycles. The van der Waals surface area contributed by atoms with Crippen LogP contribution in [0.15, 0.2) is 100 Å². The Morgan fingerprint density at radius 1 is 0.914 bits per heavy atom. The third-order valence-electron chi connectivity index (χ3n) is 5.61. The highest BCUT2D eigenvalue weighted by molar-refractivity contribution is 5.88. The van der Waals surface area contributed by atoms with Gasteiger partial charge in [0.15, 0.2) is 6.04 Å². The molecule has 9 heteroatoms. The second kappa shape index (κ2) is 10.1. The topological polar surface area (TPSA) is 106 Å². The molecule has 0 bridgehead atoms. The van der Waals surface area contributed by atoms with Gasteiger partial charge in [0.2, 0.25) is 5.91 Å². The molecule has 2 aromatic carbocycles. The molecule has 176 valence electrons. The maximum Gasteiger partial charge on any atom is 0.251 e. The molecule has 3 heterocycles. The Morgan fingerprint density at radius 2 is 1.69 bits per heavy atom. The van der Waals surface area contributed by atoms with Crippen LogP contribution in [0.3, 0.4) is 0 Å². The summed E-state index contributed by atoms with van der Waals surface area (Å²) in [6.07, 6.45) is 3.03. The van der Waals surface area contributed by atoms with E-state index in [1.807, 2.05) is 54.6 Å². The van der Waals surface area contributed by atoms with Crippen molar-refractivity contribution in [3.8, 4) is 0 Å². The standard InChI is InChI=1S/C26H23N5O4/c32-24(18-31-22-12-5-4-11-21(22)28-29-31)30(17-19-8-2-1-3-9-19)25(23-13-7-15-35-23)26(33)27-16-20-10-6-14-34-20/h1-15,25H,16-18H2,(H,27,33)/t25-/m0/s1. The summed E-state index contributed by atoms with van der Waals surface area (Å²) < 4.78 is 12.5. The Labute approximate surface area is 200 Å². The number of hydrogen-bond donors (Lipinski definition) is 1. The van der Waals surface area contributed by atoms with Crippen LogP contribution in [0.1, 0.15) is 23.1 Å². The van der Waals surface area contributed by atoms with Crippen molar-refractivity contribution in [3.63, 3.8) is 0 Å². The lowest BCUT2D eigenvalue weighted by atomic mass is 10.1. The zero-order chi connectivity index (χ0) is 24.0. The van der Waals surface area contributed by atoms with Crippen molar-refractivity contribution in [1.82, 2.24) is 25.2 Å². The van der Waals surface area contributed by atoms with Crippen molar-refractivity contribution in [1.29, 1.82) is 0 Å². The van der Waals surface area contributed by atoms with Crippen LogP contribution < -0.4 is 5.32 Å². The predicted molar refractivity (Wildman–Crippen MR) is 127 cm³/mol. The summed E-state index contributed by atoms with van der Waals surface area (Å²) in [7, 11) is 0. The number of carbonyl (C=O) groups is 2. The molecule has 0 fully saturated rings. The quantitative estimate of drug-likeness (QED) is 0.353. The molecular weight excluding hydrogens is 446 g/mol. The first kappa shape index (κ1) is 22.1. The van der Waals surface area contributed by atoms with E-state index < -0.39 is 6.04 Å². The van der Waals surface area contributed by atoms with Gasteiger partial charge in [0.1, 0.15) is 23.6 Å². The molecular formula is C26H23N5O4. The summed E-state index contributed by atoms with van der Waals surface area (Å²) >= 11 is 0. The summed E-state index contributed by atoms with van der Waals surface area (Å²) in [6.45, 7) is 0.298. The van der Waals surface area contributed by atoms with Crippen molar-refractivity contribution in [2.75, 3.05) is 0 Å². The minimum absolute atomic E-state index is 0.0873. The summed E-state index contributed by atoms with van der Waals surface area (Å²) in [5.41, 5.74) is 2.30. The van der Waals surface area contributed by atoms with Gasteiger partial charge in [-0.2, -0.15) is 0 Å². The van der Waals surface area contributed by atoms with Crippen LogP contribution in [0.5, 0.6) is 0 Å². The number of benzene rings is 2. The summed E-state index contributed by atoms with van der Waals surface area (Å²) in [4.78, 5) is 28.7. The Bertz CT molecular complexity index is 1390. The number of para-hydroxylation sites is 1. The number of nitrogens with one attached hydrogen (secondary N) is 1. The minimum atomic E-state index is -0.998. The van der Waals surface area contributed by atoms with Gasteiger partial charge in [-0.25, -0.2) is 4.68 Å². The van der Waals surface area contributed by atoms with E-state index in [-0.39, 0.29) is 31.4 Å². The predicted octanol–water partition coefficient (Wildman–Crippen LogP) is 3.70. The van der Waals surface area contributed by atoms with Crippen molar-refractivity contribution in [2.45, 2.75) is 25.7 Å². The van der Waals surface area contributed by atoms with Gasteiger partial charge >= 0.3 is 0 Å². The summed E-state index contributed by atoms with van der Waals surface area (Å²) in [5, 5.41) is 11.1. The third kappa shape index (κ3) is 4.98. The summed E-state index contributed by atoms with van der Waals surface area (Å²) in [6, 6.07) is 22.8. The molecule has 0 radical (unpaired) electrons. The SMILES string of the molecule is O=C(NCc1ccco1)[C@H](c1ccco1)N(Cc1ccccc1)C(=O)Cn1nnc2ccccc21. The lowest BCUT2D eigenvalue weighted by Gasteiger charge is -2.30. The molecule has 1 atom stereocenters. The lowest BCUT2D eigenvalue weighted by molar-refractivity contribution is -0.143. The number of fused-ring (bicyclic) bond motifs is 1. The Morgan fingerprint density at radius 3 is 2.46 bits per heavy atom. The fourth-order valence-corrected chi connectivity index (χ4v) is 3.91. The molecule has 0 saturated heterocycles. The minimum Gasteiger partial charge on any atom is -0.467 e. The van der Waals surface area contributed by atoms with Crippen LogP contribution in [0.2, 0.25) is 0 Å². The van der Waals surface area contributed by atoms with Crippen LogP contribution in [0.25, 0.3) is 11.0 Å². The first-order chi connectivity index (χ1) is 17.2. The molecule has 3 aromatic heterocycles. The second-order valence-corrected chi connectivity index (χ2v) is 7.96. The first-order valence-electron chi connectivity index (χ1n) is 11.1. The van der Waals surface area contributed by atoms with Gasteiger partial charge in [0.25, 0.3) is 5.91 Å². The first-order valence-corrected chi connectivity index (χ1v) is 11.1. The zero-order valence-electron chi connectivity index (χ0n) is 18.8. The van der Waals surface area contributed by atoms with Gasteiger partial charge in [0.05, 0.1) is 24.6 Å². The van der Waals surface area contributed by atoms with E-state index in [4.69, 9.17) is 8.83 Å². The number of rotatable bonds is 9. The molecule has 0 aliphatic rings. The van der Waals surface area contributed by atoms with Crippen LogP contribution in [0, 0.1) is 0 Å². The van der Waals surface area contributed by atoms with E-state index in [0.717, 1.165) is 11.1 Å². The molecule has 35 heavy (non-hydrogen) atoms. The average Bonchev–Trinajstić information content (AvgIpc) is 3.66. The van der Waals surface area contributed by atoms with Crippen LogP contribution in [-0.4, -0.2) is 31.7 Å². The maximum atomic E-state index is 13.7. The van der Waals surface area contributed by atoms with Gasteiger partial charge in [-0.1, -0.05) is 47.7 Å². The Balaban J connectivity index is 1.47. The van der Waals surface area contributed by atoms with E-state index in [1.54, 1.807) is 30.5 Å². The van der Waals surface area contributed by atoms with Crippen LogP contribution >= 0.6 is 0 Å². The fourth-order valence-electron chi connectivity index (χ4n) is 3.91. The van der Waals surface area contributed by atoms with Crippen molar-refractivity contribution in [3.05, 3.63) is 108 Å². The number of aromatic nitrogens is 3. The summed E-state index contributed by atoms with van der Waals surface area (Å²) in [5.74, 6) is 0.268. The van der Waals surface area contributed by atoms with Gasteiger partial charge in [-0.05, 0) is 42.0 Å². The number of nitrogens with zero attached hydrogens (tertiary/aromatic N) is 4. The highest BCUT2D eigenvalue weighted by Gasteiger charge is 2.34. The monoisotopic (exact) mass is 469 g/mol. The molecule has 9 nitrogen and oxygen atoms in total. The van der Waals surface area contributed by atoms with Gasteiger partial charge in [-0.15, -0.1) is 5.10 Å². The van der Waals surface area contributed by atoms with Crippen molar-refractivity contribution < 1.29 is 18.4 Å². The lowest BCUT2D eigenvalue weighted by Crippen LogP contribution is -2.44. The number of furan rings is 2. The van der Waals surface area contributed by atoms with E-state index >= 15 is 0 Å². The van der Waals surface area contributed by atoms with Gasteiger partial charge < -0.3 is 19.1 Å². The highest BCUT2D eigenvalue weighted by atomic mass is 16.3. The smallest absolute Gasteiger partial charge is 0.251 e. The van der Waals surface area contributed by atoms with Gasteiger partial charge in [0, 0.05) is 6.54 Å². The van der Waals surface area contributed by atoms with E-state index in [9.17, 15) is 9.59 Å². The second-order valence-electron chi connectivity index (χ2n) is 7.96. The van der Waals surface area contributed by atoms with E-state index in [1.165, 1.54) is 15.8 Å². The van der Waals surface area contributed by atoms with Crippen molar-refractivity contribution >= 4 is 22.8 Å². The fraction of sp³-hybridized carbons (Fsp3) is 0.154. The molecule has 5 aromatic rings. The maximum absolute atomic E-state index is 13.7. The number of amides is 2. The molecule has 0 spiro atoms. The average molecular weight is 470 g/mol. The number of carbonyl (C=O) groups excluding carboxylic acids is 2. The molecule has 0 aliphatic carbocycles. The largest absolute Gasteiger partial charge is 0.467 e. The van der Waals surface area contributed by atoms with E-state index in [0.29, 0.717) is 17.0 Å². The van der Waals surface area contributed by atoms with E-state index in [2.05, 4.69) is 15.6 Å². The molecule has 1 N–H and O–H groups in total. The van der Waals surface area contributed by atoms with Crippen molar-refractivity contribution in [2.24, 2.45) is 0 Å². The molecule has 5 rings (SSSR count). The highest BCUT2D eigenvalue weighted by Crippen LogP contribution is 2.25. The Hall–Kier alpha value is -4.66. The third-order valence-corrected chi connectivity index (χ3v) is 5.61. The Kier molecular flexibility index (Phi) is 6.38. The molecule has 0 saturated carbocycles. The number of hydrogen-bond acceptors (Lipinski definition) is 6. The molecule has 0 unspecified atom stereocenters. The molecule has 2 amide bonds. The van der Waals surface area contributed by atoms with Gasteiger partial charge in [-0.3, -0.25) is 9.59 Å². The zero-order valence-corrected chi connectivity index (χ0v) is 18.8. The van der Waals surface area contributed by atoms with Crippen LogP contribution in [-0.2, 0) is 29.2 Å².